The Morgan fingerprint density at radius 2 is 2.17 bits per heavy atom. The Balaban J connectivity index is 1.87. The number of hydrogen-bond acceptors (Lipinski definition) is 5. The van der Waals surface area contributed by atoms with Crippen molar-refractivity contribution >= 4 is 27.8 Å². The van der Waals surface area contributed by atoms with Gasteiger partial charge in [0.25, 0.3) is 5.22 Å². The van der Waals surface area contributed by atoms with Gasteiger partial charge in [-0.3, -0.25) is 4.79 Å². The lowest BCUT2D eigenvalue weighted by atomic mass is 10.2. The van der Waals surface area contributed by atoms with Crippen molar-refractivity contribution < 1.29 is 9.21 Å². The maximum Gasteiger partial charge on any atom is 0.284 e. The molecule has 0 bridgehead atoms. The van der Waals surface area contributed by atoms with Crippen molar-refractivity contribution in [3.05, 3.63) is 41.9 Å². The topological polar surface area (TPSA) is 71.8 Å². The van der Waals surface area contributed by atoms with E-state index in [-0.39, 0.29) is 10.3 Å². The third-order valence-corrected chi connectivity index (χ3v) is 3.18. The highest BCUT2D eigenvalue weighted by molar-refractivity contribution is 8.13. The van der Waals surface area contributed by atoms with Gasteiger partial charge in [-0.15, -0.1) is 10.2 Å². The van der Waals surface area contributed by atoms with Crippen LogP contribution in [-0.2, 0) is 0 Å². The van der Waals surface area contributed by atoms with Gasteiger partial charge in [0.15, 0.2) is 0 Å². The predicted octanol–water partition coefficient (Wildman–Crippen LogP) is 2.79. The molecule has 0 aliphatic rings. The molecule has 3 rings (SSSR count). The molecule has 0 saturated carbocycles. The molecule has 0 radical (unpaired) electrons. The molecular formula is C12H9N3O2S. The van der Waals surface area contributed by atoms with Crippen molar-refractivity contribution in [1.29, 1.82) is 0 Å². The lowest BCUT2D eigenvalue weighted by Crippen LogP contribution is -1.92. The highest BCUT2D eigenvalue weighted by Crippen LogP contribution is 2.23. The monoisotopic (exact) mass is 259 g/mol. The summed E-state index contributed by atoms with van der Waals surface area (Å²) in [5, 5.41) is 8.57. The first kappa shape index (κ1) is 11.0. The number of aromatic amines is 1. The zero-order valence-corrected chi connectivity index (χ0v) is 10.3. The summed E-state index contributed by atoms with van der Waals surface area (Å²) < 4.78 is 5.16. The fourth-order valence-corrected chi connectivity index (χ4v) is 2.26. The fraction of sp³-hybridized carbons (Fsp3) is 0.0833. The van der Waals surface area contributed by atoms with Crippen molar-refractivity contribution in [3.8, 4) is 0 Å². The van der Waals surface area contributed by atoms with E-state index in [1.54, 1.807) is 6.92 Å². The molecule has 6 heteroatoms. The van der Waals surface area contributed by atoms with E-state index in [0.29, 0.717) is 11.6 Å². The minimum atomic E-state index is -0.144. The molecule has 0 amide bonds. The van der Waals surface area contributed by atoms with Crippen LogP contribution in [0.1, 0.15) is 16.4 Å². The molecule has 0 saturated heterocycles. The van der Waals surface area contributed by atoms with Gasteiger partial charge in [0, 0.05) is 29.6 Å². The third kappa shape index (κ3) is 2.02. The number of aromatic nitrogens is 3. The number of H-pyrrole nitrogens is 1. The number of aryl methyl sites for hydroxylation is 1. The van der Waals surface area contributed by atoms with Gasteiger partial charge in [-0.25, -0.2) is 0 Å². The number of carbonyl (C=O) groups excluding carboxylic acids is 1. The minimum Gasteiger partial charge on any atom is -0.416 e. The normalized spacial score (nSPS) is 10.9. The van der Waals surface area contributed by atoms with Crippen LogP contribution in [0.25, 0.3) is 10.9 Å². The maximum absolute atomic E-state index is 12.0. The van der Waals surface area contributed by atoms with Crippen molar-refractivity contribution in [2.24, 2.45) is 0 Å². The SMILES string of the molecule is Cc1nnc(SC(=O)c2cc3ccccc3[nH]2)o1. The summed E-state index contributed by atoms with van der Waals surface area (Å²) in [6.45, 7) is 1.68. The lowest BCUT2D eigenvalue weighted by molar-refractivity contribution is 0.108. The van der Waals surface area contributed by atoms with Gasteiger partial charge in [0.05, 0.1) is 5.69 Å². The summed E-state index contributed by atoms with van der Waals surface area (Å²) in [6.07, 6.45) is 0. The average Bonchev–Trinajstić information content (AvgIpc) is 2.95. The molecule has 0 aliphatic heterocycles. The molecule has 2 heterocycles. The maximum atomic E-state index is 12.0. The first-order chi connectivity index (χ1) is 8.72. The van der Waals surface area contributed by atoms with Crippen LogP contribution < -0.4 is 0 Å². The highest BCUT2D eigenvalue weighted by Gasteiger charge is 2.14. The molecule has 0 spiro atoms. The fourth-order valence-electron chi connectivity index (χ4n) is 1.64. The Morgan fingerprint density at radius 3 is 2.89 bits per heavy atom. The average molecular weight is 259 g/mol. The largest absolute Gasteiger partial charge is 0.416 e. The summed E-state index contributed by atoms with van der Waals surface area (Å²) in [6, 6.07) is 9.53. The van der Waals surface area contributed by atoms with E-state index in [2.05, 4.69) is 15.2 Å². The standard InChI is InChI=1S/C12H9N3O2S/c1-7-14-15-12(17-7)18-11(16)10-6-8-4-2-3-5-9(8)13-10/h2-6,13H,1H3. The van der Waals surface area contributed by atoms with Crippen LogP contribution in [0.4, 0.5) is 0 Å². The van der Waals surface area contributed by atoms with Crippen LogP contribution in [0.2, 0.25) is 0 Å². The van der Waals surface area contributed by atoms with E-state index < -0.39 is 0 Å². The van der Waals surface area contributed by atoms with Crippen molar-refractivity contribution in [3.63, 3.8) is 0 Å². The number of hydrogen-bond donors (Lipinski definition) is 1. The molecule has 18 heavy (non-hydrogen) atoms. The molecule has 3 aromatic rings. The van der Waals surface area contributed by atoms with Crippen LogP contribution in [0.15, 0.2) is 40.0 Å². The lowest BCUT2D eigenvalue weighted by Gasteiger charge is -1.91. The second kappa shape index (κ2) is 4.30. The Morgan fingerprint density at radius 1 is 1.33 bits per heavy atom. The molecule has 5 nitrogen and oxygen atoms in total. The number of fused-ring (bicyclic) bond motifs is 1. The second-order valence-corrected chi connectivity index (χ2v) is 4.67. The van der Waals surface area contributed by atoms with Crippen molar-refractivity contribution in [1.82, 2.24) is 15.2 Å². The summed E-state index contributed by atoms with van der Waals surface area (Å²) in [5.41, 5.74) is 1.46. The van der Waals surface area contributed by atoms with Gasteiger partial charge in [-0.1, -0.05) is 18.2 Å². The summed E-state index contributed by atoms with van der Waals surface area (Å²) in [5.74, 6) is 0.446. The molecule has 0 fully saturated rings. The van der Waals surface area contributed by atoms with E-state index in [0.717, 1.165) is 22.7 Å². The Labute approximate surface area is 107 Å². The van der Waals surface area contributed by atoms with Crippen LogP contribution in [0.5, 0.6) is 0 Å². The first-order valence-electron chi connectivity index (χ1n) is 5.32. The van der Waals surface area contributed by atoms with Crippen molar-refractivity contribution in [2.75, 3.05) is 0 Å². The van der Waals surface area contributed by atoms with Crippen LogP contribution in [-0.4, -0.2) is 20.3 Å². The summed E-state index contributed by atoms with van der Waals surface area (Å²) >= 11 is 0.922. The Kier molecular flexibility index (Phi) is 2.64. The Hall–Kier alpha value is -2.08. The zero-order chi connectivity index (χ0) is 12.5. The van der Waals surface area contributed by atoms with Gasteiger partial charge < -0.3 is 9.40 Å². The molecule has 0 aliphatic carbocycles. The van der Waals surface area contributed by atoms with Gasteiger partial charge >= 0.3 is 0 Å². The molecule has 0 unspecified atom stereocenters. The molecule has 2 aromatic heterocycles. The number of nitrogens with zero attached hydrogens (tertiary/aromatic N) is 2. The number of carbonyl (C=O) groups is 1. The molecular weight excluding hydrogens is 250 g/mol. The van der Waals surface area contributed by atoms with E-state index >= 15 is 0 Å². The molecule has 1 N–H and O–H groups in total. The predicted molar refractivity (Wildman–Crippen MR) is 67.5 cm³/mol. The summed E-state index contributed by atoms with van der Waals surface area (Å²) in [7, 11) is 0. The molecule has 0 atom stereocenters. The first-order valence-corrected chi connectivity index (χ1v) is 6.14. The highest BCUT2D eigenvalue weighted by atomic mass is 32.2. The van der Waals surface area contributed by atoms with E-state index in [4.69, 9.17) is 4.42 Å². The van der Waals surface area contributed by atoms with Gasteiger partial charge in [-0.2, -0.15) is 0 Å². The minimum absolute atomic E-state index is 0.144. The number of thioether (sulfide) groups is 1. The van der Waals surface area contributed by atoms with E-state index in [1.165, 1.54) is 0 Å². The van der Waals surface area contributed by atoms with E-state index in [1.807, 2.05) is 30.3 Å². The Bertz CT molecular complexity index is 684. The van der Waals surface area contributed by atoms with Gasteiger partial charge in [-0.05, 0) is 12.1 Å². The quantitative estimate of drug-likeness (QED) is 0.716. The third-order valence-electron chi connectivity index (χ3n) is 2.44. The van der Waals surface area contributed by atoms with Gasteiger partial charge in [0.2, 0.25) is 11.0 Å². The second-order valence-electron chi connectivity index (χ2n) is 3.75. The number of benzene rings is 1. The number of nitrogens with one attached hydrogen (secondary N) is 1. The molecule has 1 aromatic carbocycles. The zero-order valence-electron chi connectivity index (χ0n) is 9.51. The van der Waals surface area contributed by atoms with Crippen LogP contribution in [0, 0.1) is 6.92 Å². The smallest absolute Gasteiger partial charge is 0.284 e. The number of para-hydroxylation sites is 1. The van der Waals surface area contributed by atoms with E-state index in [9.17, 15) is 4.79 Å². The van der Waals surface area contributed by atoms with Gasteiger partial charge in [0.1, 0.15) is 0 Å². The molecule has 90 valence electrons. The van der Waals surface area contributed by atoms with Crippen LogP contribution in [0.3, 0.4) is 0 Å². The number of rotatable bonds is 2. The van der Waals surface area contributed by atoms with Crippen LogP contribution >= 0.6 is 11.8 Å². The van der Waals surface area contributed by atoms with Crippen molar-refractivity contribution in [2.45, 2.75) is 12.1 Å². The summed E-state index contributed by atoms with van der Waals surface area (Å²) in [4.78, 5) is 15.1.